The third kappa shape index (κ3) is 10.7. The van der Waals surface area contributed by atoms with E-state index in [0.29, 0.717) is 51.4 Å². The number of benzene rings is 1. The van der Waals surface area contributed by atoms with Crippen LogP contribution in [0.4, 0.5) is 24.8 Å². The van der Waals surface area contributed by atoms with E-state index in [1.165, 1.54) is 21.4 Å². The molecule has 4 aliphatic heterocycles. The van der Waals surface area contributed by atoms with E-state index in [0.717, 1.165) is 69.3 Å². The molecule has 4 N–H and O–H groups in total. The molecule has 1 unspecified atom stereocenters. The molecular weight excluding hydrogens is 854 g/mol. The maximum Gasteiger partial charge on any atom is 0.419 e. The second kappa shape index (κ2) is 18.3. The average Bonchev–Trinajstić information content (AvgIpc) is 3.71. The number of carbonyl (C=O) groups is 3. The Morgan fingerprint density at radius 2 is 1.55 bits per heavy atom. The summed E-state index contributed by atoms with van der Waals surface area (Å²) in [6.07, 6.45) is 6.77. The number of anilines is 2. The van der Waals surface area contributed by atoms with Gasteiger partial charge in [-0.15, -0.1) is 0 Å². The molecule has 5 fully saturated rings. The first-order valence-corrected chi connectivity index (χ1v) is 24.0. The summed E-state index contributed by atoms with van der Waals surface area (Å²) in [6.45, 7) is 6.94. The minimum atomic E-state index is -4.72. The Balaban J connectivity index is 0.759. The van der Waals surface area contributed by atoms with Gasteiger partial charge in [-0.05, 0) is 108 Å². The smallest absolute Gasteiger partial charge is 0.389 e. The van der Waals surface area contributed by atoms with Crippen molar-refractivity contribution in [2.24, 2.45) is 11.3 Å². The number of hydrogen-bond acceptors (Lipinski definition) is 11. The van der Waals surface area contributed by atoms with Gasteiger partial charge in [-0.1, -0.05) is 12.1 Å². The van der Waals surface area contributed by atoms with Gasteiger partial charge in [0.2, 0.25) is 23.7 Å². The summed E-state index contributed by atoms with van der Waals surface area (Å²) in [4.78, 5) is 50.1. The first-order chi connectivity index (χ1) is 30.3. The molecule has 64 heavy (non-hydrogen) atoms. The lowest BCUT2D eigenvalue weighted by Crippen LogP contribution is -2.51. The molecule has 1 aliphatic carbocycles. The SMILES string of the molecule is CC(C)(O)Cn1cc(-c2nc(NC3CCN(S(=O)(=O)NC4CCC(C(=O)N5CCC6(CC5)CCN(c5ccc(C7CCC(=O)NC7=O)cc5)CC6)CC4)CC3)ncc2C(F)(F)F)cn1. The molecule has 1 atom stereocenters. The lowest BCUT2D eigenvalue weighted by molar-refractivity contribution is -0.139. The van der Waals surface area contributed by atoms with Gasteiger partial charge in [0.1, 0.15) is 5.56 Å². The van der Waals surface area contributed by atoms with Crippen LogP contribution in [0.25, 0.3) is 11.3 Å². The first kappa shape index (κ1) is 45.9. The molecule has 8 rings (SSSR count). The average molecular weight is 913 g/mol. The van der Waals surface area contributed by atoms with E-state index in [1.54, 1.807) is 13.8 Å². The molecule has 1 spiro atoms. The number of nitrogens with zero attached hydrogens (tertiary/aromatic N) is 7. The highest BCUT2D eigenvalue weighted by molar-refractivity contribution is 7.87. The molecule has 6 heterocycles. The summed E-state index contributed by atoms with van der Waals surface area (Å²) in [5.41, 5.74) is -0.103. The van der Waals surface area contributed by atoms with Crippen LogP contribution in [0.5, 0.6) is 0 Å². The molecule has 0 bridgehead atoms. The maximum absolute atomic E-state index is 14.0. The second-order valence-electron chi connectivity index (χ2n) is 19.1. The molecule has 1 aromatic carbocycles. The zero-order valence-electron chi connectivity index (χ0n) is 36.4. The number of halogens is 3. The number of likely N-dealkylation sites (tertiary alicyclic amines) is 1. The van der Waals surface area contributed by atoms with Crippen LogP contribution in [-0.2, 0) is 37.3 Å². The van der Waals surface area contributed by atoms with E-state index >= 15 is 0 Å². The number of imide groups is 1. The summed E-state index contributed by atoms with van der Waals surface area (Å²) in [5, 5.41) is 19.8. The number of carbonyl (C=O) groups excluding carboxylic acids is 3. The molecule has 4 saturated heterocycles. The molecule has 3 aromatic rings. The van der Waals surface area contributed by atoms with Gasteiger partial charge in [0.25, 0.3) is 10.2 Å². The molecule has 16 nitrogen and oxygen atoms in total. The van der Waals surface area contributed by atoms with Crippen molar-refractivity contribution in [2.45, 2.75) is 127 Å². The number of hydrogen-bond donors (Lipinski definition) is 4. The van der Waals surface area contributed by atoms with Gasteiger partial charge in [0.05, 0.1) is 30.0 Å². The Hall–Kier alpha value is -4.66. The van der Waals surface area contributed by atoms with Crippen molar-refractivity contribution in [2.75, 3.05) is 49.5 Å². The number of rotatable bonds is 11. The highest BCUT2D eigenvalue weighted by Gasteiger charge is 2.41. The summed E-state index contributed by atoms with van der Waals surface area (Å²) < 4.78 is 74.4. The van der Waals surface area contributed by atoms with Crippen LogP contribution < -0.4 is 20.3 Å². The van der Waals surface area contributed by atoms with E-state index in [4.69, 9.17) is 0 Å². The predicted octanol–water partition coefficient (Wildman–Crippen LogP) is 4.83. The Morgan fingerprint density at radius 1 is 0.891 bits per heavy atom. The van der Waals surface area contributed by atoms with Gasteiger partial charge in [-0.3, -0.25) is 24.4 Å². The van der Waals surface area contributed by atoms with Gasteiger partial charge in [0.15, 0.2) is 0 Å². The maximum atomic E-state index is 14.0. The van der Waals surface area contributed by atoms with E-state index in [-0.39, 0.29) is 83.9 Å². The van der Waals surface area contributed by atoms with Crippen LogP contribution in [0.15, 0.2) is 42.9 Å². The molecule has 1 saturated carbocycles. The predicted molar refractivity (Wildman–Crippen MR) is 232 cm³/mol. The van der Waals surface area contributed by atoms with Crippen molar-refractivity contribution >= 4 is 39.6 Å². The van der Waals surface area contributed by atoms with Crippen LogP contribution >= 0.6 is 0 Å². The fraction of sp³-hybridized carbons (Fsp3) is 0.636. The fourth-order valence-electron chi connectivity index (χ4n) is 10.1. The number of nitrogens with one attached hydrogen (secondary N) is 3. The van der Waals surface area contributed by atoms with Crippen LogP contribution in [-0.4, -0.2) is 117 Å². The van der Waals surface area contributed by atoms with Crippen molar-refractivity contribution < 1.29 is 41.1 Å². The third-order valence-electron chi connectivity index (χ3n) is 13.9. The monoisotopic (exact) mass is 912 g/mol. The summed E-state index contributed by atoms with van der Waals surface area (Å²) in [5.74, 6) is -0.703. The largest absolute Gasteiger partial charge is 0.419 e. The second-order valence-corrected chi connectivity index (χ2v) is 20.8. The molecular formula is C44H59F3N10O6S. The Morgan fingerprint density at radius 3 is 2.17 bits per heavy atom. The zero-order valence-corrected chi connectivity index (χ0v) is 37.3. The van der Waals surface area contributed by atoms with Crippen LogP contribution in [0, 0.1) is 11.3 Å². The van der Waals surface area contributed by atoms with E-state index in [1.807, 2.05) is 17.0 Å². The standard InChI is InChI=1S/C44H59F3N10O6S/c1-42(2,61)28-56-27-31(25-49-56)38-36(44(45,46)47)26-48-41(52-38)50-32-13-19-57(20-14-32)64(62,63)53-33-7-3-30(4-8-33)40(60)55-23-17-43(18-24-55)15-21-54(22-16-43)34-9-5-29(6-10-34)35-11-12-37(58)51-39(35)59/h5-6,9-10,25-27,30,32-33,35,53,61H,3-4,7-8,11-24,28H2,1-2H3,(H,48,50,52)(H,51,58,59). The lowest BCUT2D eigenvalue weighted by atomic mass is 9.71. The zero-order chi connectivity index (χ0) is 45.4. The lowest BCUT2D eigenvalue weighted by Gasteiger charge is -2.48. The van der Waals surface area contributed by atoms with Gasteiger partial charge >= 0.3 is 6.18 Å². The topological polar surface area (TPSA) is 195 Å². The van der Waals surface area contributed by atoms with Crippen molar-refractivity contribution in [3.63, 3.8) is 0 Å². The quantitative estimate of drug-likeness (QED) is 0.193. The van der Waals surface area contributed by atoms with Crippen LogP contribution in [0.2, 0.25) is 0 Å². The normalized spacial score (nSPS) is 24.2. The number of aliphatic hydroxyl groups is 1. The Labute approximate surface area is 371 Å². The minimum Gasteiger partial charge on any atom is -0.389 e. The van der Waals surface area contributed by atoms with E-state index < -0.39 is 27.6 Å². The van der Waals surface area contributed by atoms with E-state index in [2.05, 4.69) is 47.5 Å². The highest BCUT2D eigenvalue weighted by atomic mass is 32.2. The summed E-state index contributed by atoms with van der Waals surface area (Å²) >= 11 is 0. The Bertz CT molecular complexity index is 2270. The van der Waals surface area contributed by atoms with Crippen molar-refractivity contribution in [1.29, 1.82) is 0 Å². The fourth-order valence-corrected chi connectivity index (χ4v) is 11.6. The summed E-state index contributed by atoms with van der Waals surface area (Å²) in [7, 11) is -3.81. The number of alkyl halides is 3. The molecule has 5 aliphatic rings. The molecule has 2 aromatic heterocycles. The van der Waals surface area contributed by atoms with E-state index in [9.17, 15) is 41.1 Å². The summed E-state index contributed by atoms with van der Waals surface area (Å²) in [6, 6.07) is 7.60. The van der Waals surface area contributed by atoms with Gasteiger partial charge in [-0.2, -0.15) is 35.7 Å². The molecule has 3 amide bonds. The third-order valence-corrected chi connectivity index (χ3v) is 15.6. The van der Waals surface area contributed by atoms with Gasteiger partial charge in [-0.25, -0.2) is 9.97 Å². The first-order valence-electron chi connectivity index (χ1n) is 22.5. The van der Waals surface area contributed by atoms with Gasteiger partial charge < -0.3 is 20.2 Å². The molecule has 0 radical (unpaired) electrons. The Kier molecular flexibility index (Phi) is 13.1. The van der Waals surface area contributed by atoms with Crippen molar-refractivity contribution in [3.05, 3.63) is 54.0 Å². The number of amides is 3. The van der Waals surface area contributed by atoms with Crippen molar-refractivity contribution in [1.82, 2.24) is 39.0 Å². The number of aromatic nitrogens is 4. The van der Waals surface area contributed by atoms with Crippen LogP contribution in [0.3, 0.4) is 0 Å². The minimum absolute atomic E-state index is 0.0112. The molecule has 20 heteroatoms. The van der Waals surface area contributed by atoms with Crippen LogP contribution in [0.1, 0.15) is 108 Å². The number of piperidine rings is 4. The highest BCUT2D eigenvalue weighted by Crippen LogP contribution is 2.43. The van der Waals surface area contributed by atoms with Crippen molar-refractivity contribution in [3.8, 4) is 11.3 Å². The molecule has 348 valence electrons. The van der Waals surface area contributed by atoms with Gasteiger partial charge in [0, 0.05) is 87.3 Å².